The Hall–Kier alpha value is -1.20. The highest BCUT2D eigenvalue weighted by Gasteiger charge is 2.17. The van der Waals surface area contributed by atoms with Crippen molar-refractivity contribution in [2.75, 3.05) is 0 Å². The largest absolute Gasteiger partial charge is 0.324 e. The molecule has 1 unspecified atom stereocenters. The van der Waals surface area contributed by atoms with Gasteiger partial charge in [-0.2, -0.15) is 5.10 Å². The van der Waals surface area contributed by atoms with Crippen molar-refractivity contribution in [3.63, 3.8) is 0 Å². The molecule has 0 amide bonds. The highest BCUT2D eigenvalue weighted by molar-refractivity contribution is 9.10. The van der Waals surface area contributed by atoms with Crippen molar-refractivity contribution >= 4 is 15.9 Å². The van der Waals surface area contributed by atoms with Crippen molar-refractivity contribution in [3.05, 3.63) is 51.0 Å². The molecule has 2 rings (SSSR count). The predicted octanol–water partition coefficient (Wildman–Crippen LogP) is 3.86. The van der Waals surface area contributed by atoms with Crippen molar-refractivity contribution < 1.29 is 4.39 Å². The maximum absolute atomic E-state index is 13.3. The summed E-state index contributed by atoms with van der Waals surface area (Å²) in [5.74, 6) is -0.241. The molecule has 0 spiro atoms. The van der Waals surface area contributed by atoms with Gasteiger partial charge in [0.1, 0.15) is 5.82 Å². The lowest BCUT2D eigenvalue weighted by Crippen LogP contribution is -2.11. The Labute approximate surface area is 127 Å². The van der Waals surface area contributed by atoms with Gasteiger partial charge in [-0.1, -0.05) is 22.9 Å². The van der Waals surface area contributed by atoms with E-state index in [-0.39, 0.29) is 11.9 Å². The maximum Gasteiger partial charge on any atom is 0.123 e. The Kier molecular flexibility index (Phi) is 4.60. The smallest absolute Gasteiger partial charge is 0.123 e. The number of aryl methyl sites for hydroxylation is 1. The summed E-state index contributed by atoms with van der Waals surface area (Å²) in [5.41, 5.74) is 10.1. The first-order valence-electron chi connectivity index (χ1n) is 6.67. The summed E-state index contributed by atoms with van der Waals surface area (Å²) < 4.78 is 16.1. The van der Waals surface area contributed by atoms with E-state index < -0.39 is 0 Å². The van der Waals surface area contributed by atoms with Gasteiger partial charge in [-0.3, -0.25) is 4.68 Å². The number of nitrogens with two attached hydrogens (primary N) is 1. The number of hydrogen-bond donors (Lipinski definition) is 1. The molecule has 0 saturated carbocycles. The average Bonchev–Trinajstić information content (AvgIpc) is 2.68. The van der Waals surface area contributed by atoms with Crippen molar-refractivity contribution in [2.24, 2.45) is 5.73 Å². The van der Waals surface area contributed by atoms with E-state index in [0.717, 1.165) is 33.4 Å². The van der Waals surface area contributed by atoms with Crippen LogP contribution in [0.15, 0.2) is 22.7 Å². The molecule has 0 bridgehead atoms. The lowest BCUT2D eigenvalue weighted by atomic mass is 10.0. The zero-order chi connectivity index (χ0) is 14.9. The summed E-state index contributed by atoms with van der Waals surface area (Å²) in [6, 6.07) is 4.68. The zero-order valence-electron chi connectivity index (χ0n) is 12.0. The van der Waals surface area contributed by atoms with Crippen LogP contribution >= 0.6 is 15.9 Å². The third-order valence-corrected chi connectivity index (χ3v) is 4.35. The Balaban J connectivity index is 2.37. The van der Waals surface area contributed by atoms with E-state index in [0.29, 0.717) is 6.54 Å². The van der Waals surface area contributed by atoms with Crippen LogP contribution in [0.4, 0.5) is 4.39 Å². The molecule has 1 atom stereocenters. The van der Waals surface area contributed by atoms with E-state index in [1.807, 2.05) is 18.5 Å². The number of rotatable bonds is 4. The predicted molar refractivity (Wildman–Crippen MR) is 82.1 cm³/mol. The van der Waals surface area contributed by atoms with Crippen LogP contribution in [0.3, 0.4) is 0 Å². The minimum Gasteiger partial charge on any atom is -0.324 e. The standard InChI is InChI=1S/C15H19BrFN3/c1-4-14(18)15-9(2)19-20(10(15)3)8-11-7-12(17)5-6-13(11)16/h5-7,14H,4,8,18H2,1-3H3. The monoisotopic (exact) mass is 339 g/mol. The minimum absolute atomic E-state index is 0.000278. The molecule has 1 heterocycles. The fraction of sp³-hybridized carbons (Fsp3) is 0.400. The average molecular weight is 340 g/mol. The summed E-state index contributed by atoms with van der Waals surface area (Å²) in [6.45, 7) is 6.57. The fourth-order valence-electron chi connectivity index (χ4n) is 2.43. The van der Waals surface area contributed by atoms with Crippen LogP contribution in [0.2, 0.25) is 0 Å². The first-order chi connectivity index (χ1) is 9.43. The van der Waals surface area contributed by atoms with Crippen LogP contribution in [0.25, 0.3) is 0 Å². The van der Waals surface area contributed by atoms with Gasteiger partial charge in [0.25, 0.3) is 0 Å². The first-order valence-corrected chi connectivity index (χ1v) is 7.46. The second-order valence-electron chi connectivity index (χ2n) is 4.99. The molecular weight excluding hydrogens is 321 g/mol. The number of nitrogens with zero attached hydrogens (tertiary/aromatic N) is 2. The molecule has 3 nitrogen and oxygen atoms in total. The number of aromatic nitrogens is 2. The van der Waals surface area contributed by atoms with Crippen molar-refractivity contribution in [3.8, 4) is 0 Å². The molecule has 0 saturated heterocycles. The van der Waals surface area contributed by atoms with Crippen LogP contribution in [0.5, 0.6) is 0 Å². The van der Waals surface area contributed by atoms with E-state index in [1.165, 1.54) is 12.1 Å². The SMILES string of the molecule is CCC(N)c1c(C)nn(Cc2cc(F)ccc2Br)c1C. The maximum atomic E-state index is 13.3. The van der Waals surface area contributed by atoms with Gasteiger partial charge in [-0.15, -0.1) is 0 Å². The van der Waals surface area contributed by atoms with Crippen molar-refractivity contribution in [1.82, 2.24) is 9.78 Å². The highest BCUT2D eigenvalue weighted by atomic mass is 79.9. The van der Waals surface area contributed by atoms with E-state index >= 15 is 0 Å². The summed E-state index contributed by atoms with van der Waals surface area (Å²) in [7, 11) is 0. The van der Waals surface area contributed by atoms with E-state index in [2.05, 4.69) is 28.0 Å². The molecular formula is C15H19BrFN3. The van der Waals surface area contributed by atoms with Crippen molar-refractivity contribution in [1.29, 1.82) is 0 Å². The lowest BCUT2D eigenvalue weighted by Gasteiger charge is -2.11. The molecule has 2 aromatic rings. The van der Waals surface area contributed by atoms with Gasteiger partial charge >= 0.3 is 0 Å². The highest BCUT2D eigenvalue weighted by Crippen LogP contribution is 2.24. The molecule has 0 aliphatic rings. The van der Waals surface area contributed by atoms with Gasteiger partial charge < -0.3 is 5.73 Å². The molecule has 2 N–H and O–H groups in total. The molecule has 5 heteroatoms. The Morgan fingerprint density at radius 2 is 2.10 bits per heavy atom. The molecule has 0 aliphatic carbocycles. The topological polar surface area (TPSA) is 43.8 Å². The van der Waals surface area contributed by atoms with E-state index in [1.54, 1.807) is 6.07 Å². The second-order valence-corrected chi connectivity index (χ2v) is 5.85. The van der Waals surface area contributed by atoms with Crippen LogP contribution in [0, 0.1) is 19.7 Å². The minimum atomic E-state index is -0.241. The van der Waals surface area contributed by atoms with Gasteiger partial charge in [0.2, 0.25) is 0 Å². The molecule has 108 valence electrons. The second kappa shape index (κ2) is 6.06. The van der Waals surface area contributed by atoms with E-state index in [4.69, 9.17) is 5.73 Å². The summed E-state index contributed by atoms with van der Waals surface area (Å²) >= 11 is 3.45. The zero-order valence-corrected chi connectivity index (χ0v) is 13.5. The molecule has 0 aliphatic heterocycles. The quantitative estimate of drug-likeness (QED) is 0.919. The van der Waals surface area contributed by atoms with Gasteiger partial charge in [-0.25, -0.2) is 4.39 Å². The number of hydrogen-bond acceptors (Lipinski definition) is 2. The van der Waals surface area contributed by atoms with E-state index in [9.17, 15) is 4.39 Å². The number of halogens is 2. The Bertz CT molecular complexity index is 622. The molecule has 0 fully saturated rings. The van der Waals surface area contributed by atoms with Crippen LogP contribution in [-0.2, 0) is 6.54 Å². The summed E-state index contributed by atoms with van der Waals surface area (Å²) in [4.78, 5) is 0. The molecule has 0 radical (unpaired) electrons. The lowest BCUT2D eigenvalue weighted by molar-refractivity contribution is 0.613. The Morgan fingerprint density at radius 3 is 2.75 bits per heavy atom. The number of benzene rings is 1. The third kappa shape index (κ3) is 2.94. The van der Waals surface area contributed by atoms with Gasteiger partial charge in [-0.05, 0) is 44.0 Å². The van der Waals surface area contributed by atoms with Crippen LogP contribution < -0.4 is 5.73 Å². The Morgan fingerprint density at radius 1 is 1.40 bits per heavy atom. The summed E-state index contributed by atoms with van der Waals surface area (Å²) in [6.07, 6.45) is 0.872. The third-order valence-electron chi connectivity index (χ3n) is 3.58. The first kappa shape index (κ1) is 15.2. The van der Waals surface area contributed by atoms with Gasteiger partial charge in [0.05, 0.1) is 12.2 Å². The molecule has 1 aromatic heterocycles. The van der Waals surface area contributed by atoms with Crippen molar-refractivity contribution in [2.45, 2.75) is 39.8 Å². The molecule has 20 heavy (non-hydrogen) atoms. The van der Waals surface area contributed by atoms with Gasteiger partial charge in [0.15, 0.2) is 0 Å². The van der Waals surface area contributed by atoms with Crippen LogP contribution in [-0.4, -0.2) is 9.78 Å². The normalized spacial score (nSPS) is 12.7. The fourth-order valence-corrected chi connectivity index (χ4v) is 2.80. The molecule has 1 aromatic carbocycles. The van der Waals surface area contributed by atoms with Crippen LogP contribution in [0.1, 0.15) is 41.9 Å². The van der Waals surface area contributed by atoms with Gasteiger partial charge in [0, 0.05) is 21.8 Å². The summed E-state index contributed by atoms with van der Waals surface area (Å²) in [5, 5.41) is 4.54.